The first-order valence-corrected chi connectivity index (χ1v) is 12.9. The molecule has 0 saturated heterocycles. The van der Waals surface area contributed by atoms with Crippen LogP contribution in [-0.2, 0) is 4.79 Å². The van der Waals surface area contributed by atoms with Crippen molar-refractivity contribution in [3.8, 4) is 6.07 Å². The maximum atomic E-state index is 15.2. The number of anilines is 1. The fourth-order valence-corrected chi connectivity index (χ4v) is 5.99. The fourth-order valence-electron chi connectivity index (χ4n) is 4.34. The molecule has 1 amide bonds. The molecule has 4 aromatic rings. The van der Waals surface area contributed by atoms with Crippen molar-refractivity contribution in [1.82, 2.24) is 4.57 Å². The van der Waals surface area contributed by atoms with Crippen LogP contribution in [-0.4, -0.2) is 10.5 Å². The maximum absolute atomic E-state index is 15.2. The van der Waals surface area contributed by atoms with Crippen molar-refractivity contribution < 1.29 is 13.6 Å². The Labute approximate surface area is 234 Å². The lowest BCUT2D eigenvalue weighted by atomic mass is 9.83. The number of amides is 1. The van der Waals surface area contributed by atoms with Crippen molar-refractivity contribution >= 4 is 63.6 Å². The van der Waals surface area contributed by atoms with E-state index in [2.05, 4.69) is 5.32 Å². The molecule has 39 heavy (non-hydrogen) atoms. The molecule has 194 valence electrons. The van der Waals surface area contributed by atoms with E-state index in [9.17, 15) is 19.2 Å². The molecule has 11 heteroatoms. The van der Waals surface area contributed by atoms with Crippen LogP contribution in [0.1, 0.15) is 17.0 Å². The number of nitrogens with two attached hydrogens (primary N) is 1. The Kier molecular flexibility index (Phi) is 7.10. The Morgan fingerprint density at radius 2 is 1.69 bits per heavy atom. The number of nitrogens with one attached hydrogen (secondary N) is 1. The van der Waals surface area contributed by atoms with E-state index >= 15 is 4.39 Å². The van der Waals surface area contributed by atoms with Gasteiger partial charge < -0.3 is 11.1 Å². The average molecular weight is 581 g/mol. The highest BCUT2D eigenvalue weighted by Gasteiger charge is 2.38. The number of allylic oxidation sites excluding steroid dienone is 1. The predicted molar refractivity (Wildman–Crippen MR) is 148 cm³/mol. The third kappa shape index (κ3) is 4.63. The third-order valence-corrected chi connectivity index (χ3v) is 7.88. The number of benzene rings is 3. The summed E-state index contributed by atoms with van der Waals surface area (Å²) in [6.07, 6.45) is 1.24. The number of aromatic nitrogens is 1. The molecular formula is C28H16Cl2F2N4O2S. The van der Waals surface area contributed by atoms with Gasteiger partial charge in [-0.1, -0.05) is 53.5 Å². The maximum Gasteiger partial charge on any atom is 0.274 e. The number of rotatable bonds is 4. The molecule has 3 N–H and O–H groups in total. The average Bonchev–Trinajstić information content (AvgIpc) is 3.22. The largest absolute Gasteiger partial charge is 0.384 e. The molecule has 5 rings (SSSR count). The molecule has 6 nitrogen and oxygen atoms in total. The summed E-state index contributed by atoms with van der Waals surface area (Å²) in [6, 6.07) is 18.4. The number of para-hydroxylation sites is 1. The van der Waals surface area contributed by atoms with Gasteiger partial charge in [0.1, 0.15) is 22.1 Å². The van der Waals surface area contributed by atoms with Gasteiger partial charge in [-0.2, -0.15) is 5.26 Å². The molecule has 0 fully saturated rings. The lowest BCUT2D eigenvalue weighted by molar-refractivity contribution is -0.111. The lowest BCUT2D eigenvalue weighted by Gasteiger charge is -2.26. The smallest absolute Gasteiger partial charge is 0.274 e. The number of halogens is 4. The van der Waals surface area contributed by atoms with Gasteiger partial charge in [0.25, 0.3) is 11.5 Å². The first-order valence-electron chi connectivity index (χ1n) is 11.3. The lowest BCUT2D eigenvalue weighted by Crippen LogP contribution is -2.41. The van der Waals surface area contributed by atoms with E-state index in [1.165, 1.54) is 36.4 Å². The molecule has 0 spiro atoms. The van der Waals surface area contributed by atoms with Crippen LogP contribution >= 0.6 is 34.5 Å². The van der Waals surface area contributed by atoms with Gasteiger partial charge in [0, 0.05) is 21.8 Å². The molecule has 0 saturated carbocycles. The standard InChI is InChI=1S/C28H16Cl2F2N4O2S/c29-17-8-4-10-19(31)15(17)12-21-27(38)36-25(34)16(13-33)22(23-18(30)9-5-11-20(23)32)24(28(36)39-21)26(37)35-14-6-2-1-3-7-14/h1-12,22H,34H2,(H,35,37)/b21-12-. The van der Waals surface area contributed by atoms with Crippen LogP contribution in [0.2, 0.25) is 10.0 Å². The zero-order valence-electron chi connectivity index (χ0n) is 19.7. The van der Waals surface area contributed by atoms with Gasteiger partial charge in [0.05, 0.1) is 32.7 Å². The van der Waals surface area contributed by atoms with Crippen molar-refractivity contribution in [2.45, 2.75) is 5.92 Å². The number of carbonyl (C=O) groups is 1. The summed E-state index contributed by atoms with van der Waals surface area (Å²) in [6.45, 7) is 0. The van der Waals surface area contributed by atoms with Crippen LogP contribution in [0.5, 0.6) is 0 Å². The van der Waals surface area contributed by atoms with E-state index < -0.39 is 29.0 Å². The highest BCUT2D eigenvalue weighted by Crippen LogP contribution is 2.41. The van der Waals surface area contributed by atoms with Crippen LogP contribution in [0.25, 0.3) is 17.5 Å². The molecular weight excluding hydrogens is 565 g/mol. The molecule has 2 heterocycles. The second-order valence-electron chi connectivity index (χ2n) is 8.40. The molecule has 1 aliphatic heterocycles. The highest BCUT2D eigenvalue weighted by molar-refractivity contribution is 7.07. The Morgan fingerprint density at radius 1 is 1.03 bits per heavy atom. The van der Waals surface area contributed by atoms with Gasteiger partial charge in [0.15, 0.2) is 0 Å². The van der Waals surface area contributed by atoms with E-state index in [4.69, 9.17) is 28.9 Å². The molecule has 1 aliphatic rings. The minimum absolute atomic E-state index is 0.0115. The predicted octanol–water partition coefficient (Wildman–Crippen LogP) is 4.56. The van der Waals surface area contributed by atoms with Crippen LogP contribution in [0.3, 0.4) is 0 Å². The summed E-state index contributed by atoms with van der Waals surface area (Å²) in [4.78, 5) is 27.3. The fraction of sp³-hybridized carbons (Fsp3) is 0.0357. The van der Waals surface area contributed by atoms with Gasteiger partial charge in [-0.15, -0.1) is 11.3 Å². The van der Waals surface area contributed by atoms with E-state index in [1.807, 2.05) is 6.07 Å². The summed E-state index contributed by atoms with van der Waals surface area (Å²) in [5.41, 5.74) is 5.47. The number of nitriles is 1. The van der Waals surface area contributed by atoms with Crippen molar-refractivity contribution in [2.24, 2.45) is 5.73 Å². The van der Waals surface area contributed by atoms with E-state index in [0.29, 0.717) is 5.69 Å². The first kappa shape index (κ1) is 26.4. The van der Waals surface area contributed by atoms with Crippen LogP contribution in [0, 0.1) is 23.0 Å². The van der Waals surface area contributed by atoms with Gasteiger partial charge in [-0.05, 0) is 42.5 Å². The molecule has 0 radical (unpaired) electrons. The second kappa shape index (κ2) is 10.5. The van der Waals surface area contributed by atoms with Crippen LogP contribution in [0.15, 0.2) is 77.1 Å². The van der Waals surface area contributed by atoms with Gasteiger partial charge in [-0.3, -0.25) is 14.2 Å². The minimum atomic E-state index is -1.34. The van der Waals surface area contributed by atoms with Crippen molar-refractivity contribution in [3.05, 3.63) is 125 Å². The highest BCUT2D eigenvalue weighted by atomic mass is 35.5. The molecule has 1 aromatic heterocycles. The number of hydrogen-bond donors (Lipinski definition) is 2. The summed E-state index contributed by atoms with van der Waals surface area (Å²) in [7, 11) is 0. The Morgan fingerprint density at radius 3 is 2.33 bits per heavy atom. The summed E-state index contributed by atoms with van der Waals surface area (Å²) >= 11 is 13.4. The monoisotopic (exact) mass is 580 g/mol. The topological polar surface area (TPSA) is 101 Å². The van der Waals surface area contributed by atoms with E-state index in [0.717, 1.165) is 22.0 Å². The van der Waals surface area contributed by atoms with E-state index in [1.54, 1.807) is 30.3 Å². The number of carbonyl (C=O) groups excluding carboxylic acids is 1. The van der Waals surface area contributed by atoms with Crippen molar-refractivity contribution in [3.63, 3.8) is 0 Å². The van der Waals surface area contributed by atoms with Crippen molar-refractivity contribution in [2.75, 3.05) is 5.32 Å². The molecule has 1 unspecified atom stereocenters. The van der Waals surface area contributed by atoms with Gasteiger partial charge in [0.2, 0.25) is 0 Å². The zero-order chi connectivity index (χ0) is 27.8. The second-order valence-corrected chi connectivity index (χ2v) is 10.2. The zero-order valence-corrected chi connectivity index (χ0v) is 22.0. The SMILES string of the molecule is N#CC1=C(N)n2c(s/c(=C\c3c(F)cccc3Cl)c2=O)=C(C(=O)Nc2ccccc2)C1c1c(F)cccc1Cl. The normalized spacial score (nSPS) is 15.2. The quantitative estimate of drug-likeness (QED) is 0.369. The Bertz CT molecular complexity index is 1870. The number of nitrogens with zero attached hydrogens (tertiary/aromatic N) is 2. The van der Waals surface area contributed by atoms with Gasteiger partial charge in [-0.25, -0.2) is 8.78 Å². The summed E-state index contributed by atoms with van der Waals surface area (Å²) in [5, 5.41) is 12.9. The number of hydrogen-bond acceptors (Lipinski definition) is 5. The molecule has 0 bridgehead atoms. The van der Waals surface area contributed by atoms with Gasteiger partial charge >= 0.3 is 0 Å². The van der Waals surface area contributed by atoms with Crippen LogP contribution < -0.4 is 25.8 Å². The minimum Gasteiger partial charge on any atom is -0.384 e. The Hall–Kier alpha value is -4.23. The molecule has 3 aromatic carbocycles. The van der Waals surface area contributed by atoms with Crippen molar-refractivity contribution in [1.29, 1.82) is 5.26 Å². The number of thiazole rings is 1. The van der Waals surface area contributed by atoms with E-state index in [-0.39, 0.29) is 47.3 Å². The number of fused-ring (bicyclic) bond motifs is 1. The Balaban J connectivity index is 1.89. The van der Waals surface area contributed by atoms with Crippen LogP contribution in [0.4, 0.5) is 14.5 Å². The summed E-state index contributed by atoms with van der Waals surface area (Å²) in [5.74, 6) is -3.78. The molecule has 1 atom stereocenters. The first-order chi connectivity index (χ1) is 18.7. The summed E-state index contributed by atoms with van der Waals surface area (Å²) < 4.78 is 30.8. The molecule has 0 aliphatic carbocycles. The third-order valence-electron chi connectivity index (χ3n) is 6.11.